The van der Waals surface area contributed by atoms with Gasteiger partial charge in [-0.3, -0.25) is 0 Å². The number of nitrogens with zero attached hydrogens (tertiary/aromatic N) is 2. The van der Waals surface area contributed by atoms with E-state index in [2.05, 4.69) is 20.6 Å². The first kappa shape index (κ1) is 17.7. The zero-order valence-electron chi connectivity index (χ0n) is 14.3. The Labute approximate surface area is 156 Å². The number of ether oxygens (including phenoxy) is 1. The number of esters is 1. The van der Waals surface area contributed by atoms with Gasteiger partial charge in [-0.05, 0) is 48.9 Å². The van der Waals surface area contributed by atoms with Gasteiger partial charge in [-0.2, -0.15) is 4.98 Å². The lowest BCUT2D eigenvalue weighted by molar-refractivity contribution is 0.0601. The maximum Gasteiger partial charge on any atom is 0.337 e. The van der Waals surface area contributed by atoms with Gasteiger partial charge in [0, 0.05) is 11.9 Å². The van der Waals surface area contributed by atoms with E-state index in [4.69, 9.17) is 16.3 Å². The molecular formula is C19H17ClN4O2. The lowest BCUT2D eigenvalue weighted by Crippen LogP contribution is -2.04. The van der Waals surface area contributed by atoms with E-state index in [-0.39, 0.29) is 0 Å². The van der Waals surface area contributed by atoms with Gasteiger partial charge < -0.3 is 15.4 Å². The number of anilines is 4. The Bertz CT molecular complexity index is 946. The van der Waals surface area contributed by atoms with Crippen molar-refractivity contribution in [3.05, 3.63) is 70.9 Å². The van der Waals surface area contributed by atoms with Crippen LogP contribution >= 0.6 is 11.6 Å². The summed E-state index contributed by atoms with van der Waals surface area (Å²) in [5.74, 6) is 0.550. The van der Waals surface area contributed by atoms with Crippen LogP contribution in [-0.2, 0) is 4.74 Å². The Morgan fingerprint density at radius 1 is 1.12 bits per heavy atom. The summed E-state index contributed by atoms with van der Waals surface area (Å²) in [6.45, 7) is 2.01. The van der Waals surface area contributed by atoms with Crippen molar-refractivity contribution in [1.82, 2.24) is 9.97 Å². The third-order valence-corrected chi connectivity index (χ3v) is 3.91. The van der Waals surface area contributed by atoms with E-state index in [1.807, 2.05) is 31.2 Å². The lowest BCUT2D eigenvalue weighted by Gasteiger charge is -2.11. The average molecular weight is 369 g/mol. The molecule has 26 heavy (non-hydrogen) atoms. The van der Waals surface area contributed by atoms with Crippen molar-refractivity contribution >= 4 is 40.7 Å². The first-order chi connectivity index (χ1) is 12.5. The smallest absolute Gasteiger partial charge is 0.337 e. The van der Waals surface area contributed by atoms with Crippen LogP contribution in [0.4, 0.5) is 23.1 Å². The molecule has 0 aliphatic rings. The molecule has 0 aliphatic carbocycles. The second-order valence-electron chi connectivity index (χ2n) is 5.57. The molecule has 1 aromatic heterocycles. The second kappa shape index (κ2) is 7.84. The van der Waals surface area contributed by atoms with E-state index in [1.165, 1.54) is 7.11 Å². The van der Waals surface area contributed by atoms with E-state index < -0.39 is 5.97 Å². The van der Waals surface area contributed by atoms with Crippen molar-refractivity contribution in [3.8, 4) is 0 Å². The van der Waals surface area contributed by atoms with Crippen molar-refractivity contribution in [2.24, 2.45) is 0 Å². The standard InChI is InChI=1S/C19H17ClN4O2/c1-12-4-3-5-14(10-12)22-19-21-9-8-17(24-19)23-16-11-13(18(25)26-2)6-7-15(16)20/h3-11H,1-2H3,(H2,21,22,23,24). The maximum absolute atomic E-state index is 11.7. The minimum absolute atomic E-state index is 0.395. The van der Waals surface area contributed by atoms with Crippen molar-refractivity contribution in [1.29, 1.82) is 0 Å². The number of methoxy groups -OCH3 is 1. The molecule has 6 nitrogen and oxygen atoms in total. The largest absolute Gasteiger partial charge is 0.465 e. The summed E-state index contributed by atoms with van der Waals surface area (Å²) < 4.78 is 4.73. The highest BCUT2D eigenvalue weighted by Crippen LogP contribution is 2.26. The molecule has 0 fully saturated rings. The topological polar surface area (TPSA) is 76.1 Å². The Morgan fingerprint density at radius 3 is 2.73 bits per heavy atom. The number of benzene rings is 2. The van der Waals surface area contributed by atoms with Crippen LogP contribution in [0.5, 0.6) is 0 Å². The van der Waals surface area contributed by atoms with Crippen LogP contribution in [0, 0.1) is 6.92 Å². The Kier molecular flexibility index (Phi) is 5.34. The predicted molar refractivity (Wildman–Crippen MR) is 103 cm³/mol. The monoisotopic (exact) mass is 368 g/mol. The van der Waals surface area contributed by atoms with E-state index in [0.29, 0.717) is 28.0 Å². The van der Waals surface area contributed by atoms with Gasteiger partial charge in [0.25, 0.3) is 0 Å². The summed E-state index contributed by atoms with van der Waals surface area (Å²) in [6.07, 6.45) is 1.63. The summed E-state index contributed by atoms with van der Waals surface area (Å²) in [5, 5.41) is 6.72. The highest BCUT2D eigenvalue weighted by atomic mass is 35.5. The van der Waals surface area contributed by atoms with Gasteiger partial charge in [0.05, 0.1) is 23.4 Å². The molecular weight excluding hydrogens is 352 g/mol. The quantitative estimate of drug-likeness (QED) is 0.635. The molecule has 0 amide bonds. The average Bonchev–Trinajstić information content (AvgIpc) is 2.63. The number of hydrogen-bond acceptors (Lipinski definition) is 6. The molecule has 0 unspecified atom stereocenters. The normalized spacial score (nSPS) is 10.3. The summed E-state index contributed by atoms with van der Waals surface area (Å²) in [4.78, 5) is 20.3. The molecule has 0 spiro atoms. The van der Waals surface area contributed by atoms with Gasteiger partial charge in [-0.1, -0.05) is 23.7 Å². The van der Waals surface area contributed by atoms with Crippen LogP contribution in [0.2, 0.25) is 5.02 Å². The summed E-state index contributed by atoms with van der Waals surface area (Å²) in [5.41, 5.74) is 2.98. The van der Waals surface area contributed by atoms with Crippen molar-refractivity contribution in [2.75, 3.05) is 17.7 Å². The van der Waals surface area contributed by atoms with Crippen LogP contribution in [-0.4, -0.2) is 23.0 Å². The zero-order chi connectivity index (χ0) is 18.5. The molecule has 2 N–H and O–H groups in total. The summed E-state index contributed by atoms with van der Waals surface area (Å²) in [6, 6.07) is 14.5. The molecule has 0 radical (unpaired) electrons. The van der Waals surface area contributed by atoms with Crippen molar-refractivity contribution in [2.45, 2.75) is 6.92 Å². The molecule has 7 heteroatoms. The summed E-state index contributed by atoms with van der Waals surface area (Å²) >= 11 is 6.21. The van der Waals surface area contributed by atoms with Crippen LogP contribution in [0.25, 0.3) is 0 Å². The molecule has 0 bridgehead atoms. The van der Waals surface area contributed by atoms with Crippen LogP contribution in [0.15, 0.2) is 54.7 Å². The number of carbonyl (C=O) groups is 1. The van der Waals surface area contributed by atoms with E-state index in [9.17, 15) is 4.79 Å². The molecule has 0 atom stereocenters. The highest BCUT2D eigenvalue weighted by Gasteiger charge is 2.10. The van der Waals surface area contributed by atoms with Gasteiger partial charge in [0.15, 0.2) is 0 Å². The van der Waals surface area contributed by atoms with Gasteiger partial charge in [-0.15, -0.1) is 0 Å². The Morgan fingerprint density at radius 2 is 1.96 bits per heavy atom. The number of rotatable bonds is 5. The third kappa shape index (κ3) is 4.29. The molecule has 1 heterocycles. The minimum Gasteiger partial charge on any atom is -0.465 e. The van der Waals surface area contributed by atoms with Crippen molar-refractivity contribution < 1.29 is 9.53 Å². The summed E-state index contributed by atoms with van der Waals surface area (Å²) in [7, 11) is 1.33. The van der Waals surface area contributed by atoms with Crippen molar-refractivity contribution in [3.63, 3.8) is 0 Å². The van der Waals surface area contributed by atoms with Gasteiger partial charge in [0.1, 0.15) is 5.82 Å². The predicted octanol–water partition coefficient (Wildman–Crippen LogP) is 4.71. The first-order valence-electron chi connectivity index (χ1n) is 7.87. The third-order valence-electron chi connectivity index (χ3n) is 3.58. The van der Waals surface area contributed by atoms with Gasteiger partial charge in [0.2, 0.25) is 5.95 Å². The fourth-order valence-electron chi connectivity index (χ4n) is 2.34. The molecule has 0 saturated heterocycles. The number of aromatic nitrogens is 2. The van der Waals surface area contributed by atoms with Crippen LogP contribution < -0.4 is 10.6 Å². The Balaban J connectivity index is 1.82. The number of carbonyl (C=O) groups excluding carboxylic acids is 1. The number of hydrogen-bond donors (Lipinski definition) is 2. The molecule has 132 valence electrons. The highest BCUT2D eigenvalue weighted by molar-refractivity contribution is 6.33. The molecule has 3 rings (SSSR count). The van der Waals surface area contributed by atoms with E-state index in [1.54, 1.807) is 30.5 Å². The van der Waals surface area contributed by atoms with Gasteiger partial charge >= 0.3 is 5.97 Å². The Hall–Kier alpha value is -3.12. The molecule has 2 aromatic carbocycles. The van der Waals surface area contributed by atoms with Crippen LogP contribution in [0.1, 0.15) is 15.9 Å². The molecule has 0 aliphatic heterocycles. The fraction of sp³-hybridized carbons (Fsp3) is 0.105. The second-order valence-corrected chi connectivity index (χ2v) is 5.98. The first-order valence-corrected chi connectivity index (χ1v) is 8.24. The molecule has 0 saturated carbocycles. The fourth-order valence-corrected chi connectivity index (χ4v) is 2.51. The number of aryl methyl sites for hydroxylation is 1. The maximum atomic E-state index is 11.7. The minimum atomic E-state index is -0.436. The number of nitrogens with one attached hydrogen (secondary N) is 2. The number of halogens is 1. The zero-order valence-corrected chi connectivity index (χ0v) is 15.0. The van der Waals surface area contributed by atoms with E-state index >= 15 is 0 Å². The molecule has 3 aromatic rings. The van der Waals surface area contributed by atoms with E-state index in [0.717, 1.165) is 11.3 Å². The van der Waals surface area contributed by atoms with Crippen LogP contribution in [0.3, 0.4) is 0 Å². The SMILES string of the molecule is COC(=O)c1ccc(Cl)c(Nc2ccnc(Nc3cccc(C)c3)n2)c1. The van der Waals surface area contributed by atoms with Gasteiger partial charge in [-0.25, -0.2) is 9.78 Å². The lowest BCUT2D eigenvalue weighted by atomic mass is 10.2.